The molecular weight excluding hydrogens is 243 g/mol. The molecule has 0 radical (unpaired) electrons. The van der Waals surface area contributed by atoms with Crippen molar-refractivity contribution in [2.45, 2.75) is 24.9 Å². The summed E-state index contributed by atoms with van der Waals surface area (Å²) in [5, 5.41) is 7.89. The Morgan fingerprint density at radius 2 is 2.19 bits per heavy atom. The van der Waals surface area contributed by atoms with Crippen LogP contribution in [0.3, 0.4) is 0 Å². The third-order valence-corrected chi connectivity index (χ3v) is 3.90. The fraction of sp³-hybridized carbons (Fsp3) is 0.556. The molecule has 0 spiro atoms. The van der Waals surface area contributed by atoms with Crippen molar-refractivity contribution in [3.8, 4) is 0 Å². The maximum Gasteiger partial charge on any atom is 0.443 e. The molecule has 7 heteroatoms. The highest BCUT2D eigenvalue weighted by molar-refractivity contribution is 7.11. The lowest BCUT2D eigenvalue weighted by Gasteiger charge is -2.32. The fourth-order valence-corrected chi connectivity index (χ4v) is 2.71. The smallest absolute Gasteiger partial charge is 0.443 e. The molecule has 1 N–H and O–H groups in total. The zero-order valence-corrected chi connectivity index (χ0v) is 8.81. The molecule has 2 rings (SSSR count). The Labute approximate surface area is 92.9 Å². The molecule has 0 saturated heterocycles. The molecule has 0 aromatic carbocycles. The van der Waals surface area contributed by atoms with Crippen LogP contribution in [0, 0.1) is 5.92 Å². The molecule has 1 aromatic rings. The lowest BCUT2D eigenvalue weighted by molar-refractivity contribution is -0.145. The van der Waals surface area contributed by atoms with Gasteiger partial charge in [-0.1, -0.05) is 0 Å². The maximum absolute atomic E-state index is 12.3. The minimum absolute atomic E-state index is 0.300. The normalized spacial score (nSPS) is 25.2. The van der Waals surface area contributed by atoms with E-state index >= 15 is 0 Å². The van der Waals surface area contributed by atoms with Crippen molar-refractivity contribution in [3.63, 3.8) is 0 Å². The van der Waals surface area contributed by atoms with Crippen molar-refractivity contribution in [2.24, 2.45) is 5.92 Å². The molecule has 88 valence electrons. The lowest BCUT2D eigenvalue weighted by Crippen LogP contribution is -2.30. The molecule has 1 aliphatic rings. The number of carboxylic acids is 1. The quantitative estimate of drug-likeness (QED) is 0.879. The van der Waals surface area contributed by atoms with E-state index in [1.807, 2.05) is 0 Å². The number of alkyl halides is 3. The topological polar surface area (TPSA) is 50.2 Å². The van der Waals surface area contributed by atoms with Gasteiger partial charge in [-0.2, -0.15) is 13.2 Å². The van der Waals surface area contributed by atoms with Crippen LogP contribution in [0.5, 0.6) is 0 Å². The molecule has 1 saturated carbocycles. The van der Waals surface area contributed by atoms with Crippen LogP contribution in [-0.2, 0) is 11.0 Å². The number of carbonyl (C=O) groups is 1. The minimum atomic E-state index is -4.44. The highest BCUT2D eigenvalue weighted by Crippen LogP contribution is 2.46. The zero-order valence-electron chi connectivity index (χ0n) is 7.99. The Morgan fingerprint density at radius 3 is 2.56 bits per heavy atom. The van der Waals surface area contributed by atoms with Crippen LogP contribution in [0.1, 0.15) is 28.6 Å². The Balaban J connectivity index is 2.17. The van der Waals surface area contributed by atoms with Crippen LogP contribution in [-0.4, -0.2) is 16.1 Å². The summed E-state index contributed by atoms with van der Waals surface area (Å²) in [4.78, 5) is 14.4. The van der Waals surface area contributed by atoms with E-state index in [0.717, 1.165) is 6.20 Å². The molecule has 1 heterocycles. The zero-order chi connectivity index (χ0) is 11.9. The van der Waals surface area contributed by atoms with Crippen molar-refractivity contribution in [1.29, 1.82) is 0 Å². The third kappa shape index (κ3) is 1.91. The van der Waals surface area contributed by atoms with Gasteiger partial charge in [0.05, 0.1) is 5.92 Å². The minimum Gasteiger partial charge on any atom is -0.481 e. The van der Waals surface area contributed by atoms with Gasteiger partial charge >= 0.3 is 12.1 Å². The molecule has 0 aliphatic heterocycles. The fourth-order valence-electron chi connectivity index (χ4n) is 1.73. The second kappa shape index (κ2) is 3.73. The summed E-state index contributed by atoms with van der Waals surface area (Å²) >= 11 is 0.545. The van der Waals surface area contributed by atoms with Gasteiger partial charge < -0.3 is 5.11 Å². The number of rotatable bonds is 2. The first kappa shape index (κ1) is 11.4. The summed E-state index contributed by atoms with van der Waals surface area (Å²) in [5.74, 6) is -1.80. The number of hydrogen-bond acceptors (Lipinski definition) is 3. The first-order valence-electron chi connectivity index (χ1n) is 4.65. The molecule has 0 amide bonds. The van der Waals surface area contributed by atoms with Gasteiger partial charge in [-0.05, 0) is 12.8 Å². The first-order chi connectivity index (χ1) is 7.39. The van der Waals surface area contributed by atoms with Crippen LogP contribution in [0.2, 0.25) is 0 Å². The van der Waals surface area contributed by atoms with Crippen molar-refractivity contribution in [2.75, 3.05) is 0 Å². The predicted molar refractivity (Wildman–Crippen MR) is 50.2 cm³/mol. The average Bonchev–Trinajstić information content (AvgIpc) is 2.48. The second-order valence-electron chi connectivity index (χ2n) is 3.69. The number of halogens is 3. The number of thiazole rings is 1. The van der Waals surface area contributed by atoms with Gasteiger partial charge in [0.2, 0.25) is 0 Å². The lowest BCUT2D eigenvalue weighted by atomic mass is 9.73. The standard InChI is InChI=1S/C9H8F3NO2S/c10-9(11,12)8-13-3-6(16-8)4-1-2-5(4)7(14)15/h3-5H,1-2H2,(H,14,15). The Bertz CT molecular complexity index is 415. The summed E-state index contributed by atoms with van der Waals surface area (Å²) in [5.41, 5.74) is 0. The number of nitrogens with zero attached hydrogens (tertiary/aromatic N) is 1. The van der Waals surface area contributed by atoms with Crippen LogP contribution in [0.15, 0.2) is 6.20 Å². The summed E-state index contributed by atoms with van der Waals surface area (Å²) in [6.07, 6.45) is -2.14. The van der Waals surface area contributed by atoms with Gasteiger partial charge in [0, 0.05) is 17.0 Å². The monoisotopic (exact) mass is 251 g/mol. The number of carboxylic acid groups (broad SMARTS) is 1. The molecule has 1 aromatic heterocycles. The van der Waals surface area contributed by atoms with E-state index in [1.54, 1.807) is 0 Å². The SMILES string of the molecule is O=C(O)C1CCC1c1cnc(C(F)(F)F)s1. The van der Waals surface area contributed by atoms with E-state index in [4.69, 9.17) is 5.11 Å². The molecule has 1 aliphatic carbocycles. The summed E-state index contributed by atoms with van der Waals surface area (Å²) in [6.45, 7) is 0. The Hall–Kier alpha value is -1.11. The summed E-state index contributed by atoms with van der Waals surface area (Å²) in [7, 11) is 0. The van der Waals surface area contributed by atoms with Gasteiger partial charge in [0.15, 0.2) is 5.01 Å². The van der Waals surface area contributed by atoms with Crippen molar-refractivity contribution in [1.82, 2.24) is 4.98 Å². The number of aromatic nitrogens is 1. The summed E-state index contributed by atoms with van der Waals surface area (Å²) in [6, 6.07) is 0. The average molecular weight is 251 g/mol. The van der Waals surface area contributed by atoms with Crippen molar-refractivity contribution >= 4 is 17.3 Å². The molecule has 2 unspecified atom stereocenters. The predicted octanol–water partition coefficient (Wildman–Crippen LogP) is 2.74. The van der Waals surface area contributed by atoms with Crippen LogP contribution < -0.4 is 0 Å². The third-order valence-electron chi connectivity index (χ3n) is 2.72. The van der Waals surface area contributed by atoms with E-state index in [1.165, 1.54) is 0 Å². The molecular formula is C9H8F3NO2S. The van der Waals surface area contributed by atoms with Crippen LogP contribution >= 0.6 is 11.3 Å². The van der Waals surface area contributed by atoms with Crippen LogP contribution in [0.25, 0.3) is 0 Å². The number of aliphatic carboxylic acids is 1. The van der Waals surface area contributed by atoms with Gasteiger partial charge in [0.25, 0.3) is 0 Å². The van der Waals surface area contributed by atoms with Crippen molar-refractivity contribution in [3.05, 3.63) is 16.1 Å². The Kier molecular flexibility index (Phi) is 2.65. The van der Waals surface area contributed by atoms with E-state index in [-0.39, 0.29) is 5.92 Å². The van der Waals surface area contributed by atoms with Gasteiger partial charge in [0.1, 0.15) is 0 Å². The van der Waals surface area contributed by atoms with Crippen LogP contribution in [0.4, 0.5) is 13.2 Å². The maximum atomic E-state index is 12.3. The van der Waals surface area contributed by atoms with E-state index in [0.29, 0.717) is 29.1 Å². The highest BCUT2D eigenvalue weighted by Gasteiger charge is 2.41. The molecule has 2 atom stereocenters. The first-order valence-corrected chi connectivity index (χ1v) is 5.47. The van der Waals surface area contributed by atoms with E-state index < -0.39 is 23.1 Å². The largest absolute Gasteiger partial charge is 0.481 e. The second-order valence-corrected chi connectivity index (χ2v) is 4.76. The molecule has 0 bridgehead atoms. The summed E-state index contributed by atoms with van der Waals surface area (Å²) < 4.78 is 36.8. The van der Waals surface area contributed by atoms with Gasteiger partial charge in [-0.3, -0.25) is 4.79 Å². The van der Waals surface area contributed by atoms with E-state index in [2.05, 4.69) is 4.98 Å². The van der Waals surface area contributed by atoms with Crippen molar-refractivity contribution < 1.29 is 23.1 Å². The molecule has 3 nitrogen and oxygen atoms in total. The molecule has 1 fully saturated rings. The Morgan fingerprint density at radius 1 is 1.50 bits per heavy atom. The highest BCUT2D eigenvalue weighted by atomic mass is 32.1. The van der Waals surface area contributed by atoms with Gasteiger partial charge in [-0.25, -0.2) is 4.98 Å². The van der Waals surface area contributed by atoms with E-state index in [9.17, 15) is 18.0 Å². The van der Waals surface area contributed by atoms with Gasteiger partial charge in [-0.15, -0.1) is 11.3 Å². The number of hydrogen-bond donors (Lipinski definition) is 1. The molecule has 16 heavy (non-hydrogen) atoms.